The second-order valence-corrected chi connectivity index (χ2v) is 5.46. The number of nitrogens with zero attached hydrogens (tertiary/aromatic N) is 1. The Bertz CT molecular complexity index is 361. The van der Waals surface area contributed by atoms with E-state index in [0.717, 1.165) is 11.3 Å². The summed E-state index contributed by atoms with van der Waals surface area (Å²) in [6, 6.07) is 0. The van der Waals surface area contributed by atoms with Crippen LogP contribution in [0.25, 0.3) is 0 Å². The minimum Gasteiger partial charge on any atom is -0.465 e. The second kappa shape index (κ2) is 4.57. The highest BCUT2D eigenvalue weighted by molar-refractivity contribution is 9.09. The third kappa shape index (κ3) is 2.98. The van der Waals surface area contributed by atoms with E-state index < -0.39 is 16.5 Å². The van der Waals surface area contributed by atoms with E-state index >= 15 is 0 Å². The molecule has 1 rings (SSSR count). The number of rotatable bonds is 3. The molecular formula is C9H11BrFNO2S. The van der Waals surface area contributed by atoms with Gasteiger partial charge in [-0.3, -0.25) is 0 Å². The number of halogens is 2. The smallest absolute Gasteiger partial charge is 0.349 e. The van der Waals surface area contributed by atoms with Crippen LogP contribution in [0.2, 0.25) is 0 Å². The molecule has 0 aliphatic heterocycles. The quantitative estimate of drug-likeness (QED) is 0.635. The van der Waals surface area contributed by atoms with Crippen molar-refractivity contribution in [3.63, 3.8) is 0 Å². The molecule has 0 radical (unpaired) electrons. The van der Waals surface area contributed by atoms with Gasteiger partial charge in [0.25, 0.3) is 0 Å². The zero-order valence-corrected chi connectivity index (χ0v) is 11.0. The first-order chi connectivity index (χ1) is 6.86. The monoisotopic (exact) mass is 295 g/mol. The van der Waals surface area contributed by atoms with E-state index in [1.54, 1.807) is 0 Å². The lowest BCUT2D eigenvalue weighted by molar-refractivity contribution is 0.0606. The first-order valence-electron chi connectivity index (χ1n) is 4.23. The number of carbonyl (C=O) groups excluding carboxylic acids is 1. The minimum absolute atomic E-state index is 0.376. The maximum absolute atomic E-state index is 13.6. The Kier molecular flexibility index (Phi) is 3.83. The van der Waals surface area contributed by atoms with Gasteiger partial charge >= 0.3 is 5.97 Å². The van der Waals surface area contributed by atoms with E-state index in [0.29, 0.717) is 9.88 Å². The van der Waals surface area contributed by atoms with Gasteiger partial charge in [0.1, 0.15) is 15.6 Å². The summed E-state index contributed by atoms with van der Waals surface area (Å²) in [4.78, 5) is 15.0. The zero-order chi connectivity index (χ0) is 11.6. The summed E-state index contributed by atoms with van der Waals surface area (Å²) in [6.07, 6.45) is 1.39. The van der Waals surface area contributed by atoms with E-state index in [9.17, 15) is 9.18 Å². The number of ether oxygens (including phenoxy) is 1. The Morgan fingerprint density at radius 2 is 2.33 bits per heavy atom. The molecule has 3 nitrogen and oxygen atoms in total. The average molecular weight is 296 g/mol. The van der Waals surface area contributed by atoms with Crippen molar-refractivity contribution in [3.05, 3.63) is 16.1 Å². The van der Waals surface area contributed by atoms with Crippen LogP contribution < -0.4 is 0 Å². The Morgan fingerprint density at radius 3 is 2.80 bits per heavy atom. The van der Waals surface area contributed by atoms with Crippen LogP contribution in [-0.4, -0.2) is 23.7 Å². The number of hydrogen-bond acceptors (Lipinski definition) is 4. The first-order valence-corrected chi connectivity index (χ1v) is 5.96. The van der Waals surface area contributed by atoms with E-state index in [-0.39, 0.29) is 0 Å². The third-order valence-corrected chi connectivity index (χ3v) is 4.60. The van der Waals surface area contributed by atoms with Gasteiger partial charge < -0.3 is 4.74 Å². The van der Waals surface area contributed by atoms with Crippen molar-refractivity contribution < 1.29 is 13.9 Å². The Morgan fingerprint density at radius 1 is 1.73 bits per heavy atom. The number of hydrogen-bond donors (Lipinski definition) is 0. The lowest BCUT2D eigenvalue weighted by Gasteiger charge is -2.18. The maximum atomic E-state index is 13.6. The van der Waals surface area contributed by atoms with Crippen LogP contribution >= 0.6 is 27.3 Å². The Balaban J connectivity index is 2.89. The molecule has 84 valence electrons. The van der Waals surface area contributed by atoms with E-state index in [1.165, 1.54) is 27.2 Å². The van der Waals surface area contributed by atoms with Gasteiger partial charge in [-0.25, -0.2) is 14.2 Å². The van der Waals surface area contributed by atoms with Crippen molar-refractivity contribution in [2.24, 2.45) is 0 Å². The molecule has 1 atom stereocenters. The van der Waals surface area contributed by atoms with Crippen molar-refractivity contribution in [2.75, 3.05) is 7.11 Å². The van der Waals surface area contributed by atoms with Crippen LogP contribution in [0, 0.1) is 0 Å². The largest absolute Gasteiger partial charge is 0.465 e. The van der Waals surface area contributed by atoms with E-state index in [4.69, 9.17) is 0 Å². The predicted octanol–water partition coefficient (Wildman–Crippen LogP) is 3.11. The van der Waals surface area contributed by atoms with Crippen LogP contribution in [0.1, 0.15) is 33.4 Å². The maximum Gasteiger partial charge on any atom is 0.349 e. The van der Waals surface area contributed by atoms with Crippen molar-refractivity contribution in [1.29, 1.82) is 0 Å². The molecule has 1 aromatic heterocycles. The average Bonchev–Trinajstić information content (AvgIpc) is 2.62. The summed E-state index contributed by atoms with van der Waals surface area (Å²) in [5.74, 6) is -0.449. The molecule has 6 heteroatoms. The number of methoxy groups -OCH3 is 1. The molecule has 15 heavy (non-hydrogen) atoms. The number of thiazole rings is 1. The Labute approximate surface area is 99.8 Å². The van der Waals surface area contributed by atoms with Gasteiger partial charge in [0.05, 0.1) is 18.1 Å². The van der Waals surface area contributed by atoms with Crippen molar-refractivity contribution >= 4 is 33.2 Å². The SMILES string of the molecule is COC(=O)c1cnc(C(Br)C(C)(C)F)s1. The van der Waals surface area contributed by atoms with Gasteiger partial charge in [0, 0.05) is 0 Å². The fraction of sp³-hybridized carbons (Fsp3) is 0.556. The van der Waals surface area contributed by atoms with Gasteiger partial charge in [0.2, 0.25) is 0 Å². The first kappa shape index (κ1) is 12.6. The summed E-state index contributed by atoms with van der Waals surface area (Å²) in [7, 11) is 1.30. The highest BCUT2D eigenvalue weighted by Crippen LogP contribution is 2.38. The number of alkyl halides is 2. The molecule has 0 amide bonds. The summed E-state index contributed by atoms with van der Waals surface area (Å²) < 4.78 is 18.1. The molecule has 1 aromatic rings. The van der Waals surface area contributed by atoms with Gasteiger partial charge in [-0.2, -0.15) is 0 Å². The molecule has 0 aliphatic rings. The zero-order valence-electron chi connectivity index (χ0n) is 8.58. The molecule has 0 fully saturated rings. The molecule has 0 aromatic carbocycles. The molecule has 1 heterocycles. The predicted molar refractivity (Wildman–Crippen MR) is 60.3 cm³/mol. The van der Waals surface area contributed by atoms with Gasteiger partial charge in [0.15, 0.2) is 0 Å². The Hall–Kier alpha value is -0.490. The topological polar surface area (TPSA) is 39.2 Å². The van der Waals surface area contributed by atoms with Crippen LogP contribution in [0.3, 0.4) is 0 Å². The number of carbonyl (C=O) groups is 1. The number of esters is 1. The van der Waals surface area contributed by atoms with Crippen molar-refractivity contribution in [3.8, 4) is 0 Å². The third-order valence-electron chi connectivity index (χ3n) is 1.73. The van der Waals surface area contributed by atoms with Crippen LogP contribution in [0.15, 0.2) is 6.20 Å². The summed E-state index contributed by atoms with van der Waals surface area (Å²) in [5, 5.41) is 0.530. The summed E-state index contributed by atoms with van der Waals surface area (Å²) in [5.41, 5.74) is -1.43. The molecule has 0 saturated carbocycles. The highest BCUT2D eigenvalue weighted by Gasteiger charge is 2.31. The highest BCUT2D eigenvalue weighted by atomic mass is 79.9. The van der Waals surface area contributed by atoms with Gasteiger partial charge in [-0.1, -0.05) is 15.9 Å². The van der Waals surface area contributed by atoms with Crippen LogP contribution in [-0.2, 0) is 4.74 Å². The fourth-order valence-corrected chi connectivity index (χ4v) is 2.28. The molecule has 0 aliphatic carbocycles. The normalized spacial score (nSPS) is 13.7. The molecule has 0 spiro atoms. The standard InChI is InChI=1S/C9H11BrFNO2S/c1-9(2,11)6(10)7-12-4-5(15-7)8(13)14-3/h4,6H,1-3H3. The molecule has 0 bridgehead atoms. The summed E-state index contributed by atoms with van der Waals surface area (Å²) in [6.45, 7) is 2.90. The fourth-order valence-electron chi connectivity index (χ4n) is 0.893. The summed E-state index contributed by atoms with van der Waals surface area (Å²) >= 11 is 4.34. The van der Waals surface area contributed by atoms with E-state index in [1.807, 2.05) is 0 Å². The van der Waals surface area contributed by atoms with Gasteiger partial charge in [-0.15, -0.1) is 11.3 Å². The van der Waals surface area contributed by atoms with E-state index in [2.05, 4.69) is 25.7 Å². The van der Waals surface area contributed by atoms with Crippen LogP contribution in [0.5, 0.6) is 0 Å². The lowest BCUT2D eigenvalue weighted by atomic mass is 10.1. The van der Waals surface area contributed by atoms with Crippen LogP contribution in [0.4, 0.5) is 4.39 Å². The lowest BCUT2D eigenvalue weighted by Crippen LogP contribution is -2.18. The number of aromatic nitrogens is 1. The molecule has 0 N–H and O–H groups in total. The second-order valence-electron chi connectivity index (χ2n) is 3.48. The molecule has 1 unspecified atom stereocenters. The van der Waals surface area contributed by atoms with Crippen molar-refractivity contribution in [1.82, 2.24) is 4.98 Å². The minimum atomic E-state index is -1.43. The molecular weight excluding hydrogens is 285 g/mol. The molecule has 0 saturated heterocycles. The van der Waals surface area contributed by atoms with Gasteiger partial charge in [-0.05, 0) is 13.8 Å². The van der Waals surface area contributed by atoms with Crippen molar-refractivity contribution in [2.45, 2.75) is 24.3 Å².